The van der Waals surface area contributed by atoms with Gasteiger partial charge >= 0.3 is 29.8 Å². The third-order valence-corrected chi connectivity index (χ3v) is 3.73. The Hall–Kier alpha value is -3.22. The molecule has 0 aliphatic carbocycles. The first-order chi connectivity index (χ1) is 14.3. The van der Waals surface area contributed by atoms with Gasteiger partial charge in [-0.25, -0.2) is 0 Å². The zero-order valence-electron chi connectivity index (χ0n) is 17.9. The van der Waals surface area contributed by atoms with E-state index in [0.717, 1.165) is 41.5 Å². The summed E-state index contributed by atoms with van der Waals surface area (Å²) in [7, 11) is 0. The third kappa shape index (κ3) is 7.85. The maximum atomic E-state index is 12.1. The van der Waals surface area contributed by atoms with Gasteiger partial charge < -0.3 is 28.5 Å². The highest BCUT2D eigenvalue weighted by molar-refractivity contribution is 5.75. The Morgan fingerprint density at radius 3 is 1.58 bits per heavy atom. The lowest BCUT2D eigenvalue weighted by Crippen LogP contribution is -2.66. The highest BCUT2D eigenvalue weighted by Gasteiger charge is 2.55. The van der Waals surface area contributed by atoms with Crippen molar-refractivity contribution in [1.29, 1.82) is 0 Å². The third-order valence-electron chi connectivity index (χ3n) is 3.73. The molecule has 1 saturated heterocycles. The minimum Gasteiger partial charge on any atom is -0.463 e. The van der Waals surface area contributed by atoms with Crippen LogP contribution in [0.15, 0.2) is 0 Å². The van der Waals surface area contributed by atoms with E-state index in [4.69, 9.17) is 28.5 Å². The number of hydroxylamine groups is 2. The normalized spacial score (nSPS) is 24.9. The number of hydrogen-bond acceptors (Lipinski definition) is 12. The molecule has 1 amide bonds. The second-order valence-corrected chi connectivity index (χ2v) is 6.52. The molecule has 0 aromatic rings. The molecule has 13 nitrogen and oxygen atoms in total. The molecule has 0 spiro atoms. The average molecular weight is 447 g/mol. The van der Waals surface area contributed by atoms with Crippen LogP contribution < -0.4 is 0 Å². The van der Waals surface area contributed by atoms with Crippen LogP contribution in [0.25, 0.3) is 0 Å². The summed E-state index contributed by atoms with van der Waals surface area (Å²) < 4.78 is 26.2. The Labute approximate surface area is 177 Å². The van der Waals surface area contributed by atoms with Crippen molar-refractivity contribution in [3.05, 3.63) is 0 Å². The highest BCUT2D eigenvalue weighted by Crippen LogP contribution is 2.31. The molecule has 1 heterocycles. The molecule has 1 rings (SSSR count). The van der Waals surface area contributed by atoms with E-state index in [9.17, 15) is 28.8 Å². The second-order valence-electron chi connectivity index (χ2n) is 6.52. The molecule has 5 atom stereocenters. The van der Waals surface area contributed by atoms with Gasteiger partial charge in [0.1, 0.15) is 12.7 Å². The molecule has 13 heteroatoms. The van der Waals surface area contributed by atoms with Gasteiger partial charge in [-0.15, -0.1) is 5.06 Å². The predicted octanol–water partition coefficient (Wildman–Crippen LogP) is -0.604. The fourth-order valence-corrected chi connectivity index (χ4v) is 2.83. The highest BCUT2D eigenvalue weighted by atomic mass is 16.8. The van der Waals surface area contributed by atoms with Gasteiger partial charge in [0.2, 0.25) is 6.23 Å². The zero-order chi connectivity index (χ0) is 23.9. The molecule has 0 radical (unpaired) electrons. The van der Waals surface area contributed by atoms with Crippen LogP contribution in [0.1, 0.15) is 41.5 Å². The van der Waals surface area contributed by atoms with Crippen molar-refractivity contribution in [3.63, 3.8) is 0 Å². The molecule has 1 aliphatic rings. The van der Waals surface area contributed by atoms with Crippen molar-refractivity contribution in [2.45, 2.75) is 72.2 Å². The zero-order valence-corrected chi connectivity index (χ0v) is 17.9. The monoisotopic (exact) mass is 447 g/mol. The van der Waals surface area contributed by atoms with Gasteiger partial charge in [0.15, 0.2) is 18.3 Å². The minimum atomic E-state index is -1.62. The van der Waals surface area contributed by atoms with E-state index in [1.54, 1.807) is 0 Å². The van der Waals surface area contributed by atoms with E-state index in [1.165, 1.54) is 0 Å². The van der Waals surface area contributed by atoms with Crippen molar-refractivity contribution in [1.82, 2.24) is 5.06 Å². The molecular weight excluding hydrogens is 422 g/mol. The van der Waals surface area contributed by atoms with E-state index in [1.807, 2.05) is 0 Å². The maximum absolute atomic E-state index is 12.1. The Morgan fingerprint density at radius 2 is 1.16 bits per heavy atom. The lowest BCUT2D eigenvalue weighted by molar-refractivity contribution is -0.316. The van der Waals surface area contributed by atoms with Crippen molar-refractivity contribution >= 4 is 35.8 Å². The quantitative estimate of drug-likeness (QED) is 0.289. The summed E-state index contributed by atoms with van der Waals surface area (Å²) in [6.45, 7) is 5.85. The van der Waals surface area contributed by atoms with Gasteiger partial charge in [-0.05, 0) is 0 Å². The number of ether oxygens (including phenoxy) is 5. The molecular formula is C18H25NO12. The van der Waals surface area contributed by atoms with E-state index in [2.05, 4.69) is 0 Å². The van der Waals surface area contributed by atoms with E-state index in [0.29, 0.717) is 5.06 Å². The van der Waals surface area contributed by atoms with Gasteiger partial charge in [0, 0.05) is 41.5 Å². The predicted molar refractivity (Wildman–Crippen MR) is 96.2 cm³/mol. The minimum absolute atomic E-state index is 0.483. The number of carbonyl (C=O) groups excluding carboxylic acids is 6. The molecule has 174 valence electrons. The van der Waals surface area contributed by atoms with Crippen LogP contribution in [0.4, 0.5) is 0 Å². The van der Waals surface area contributed by atoms with Crippen LogP contribution in [-0.4, -0.2) is 78.1 Å². The molecule has 0 N–H and O–H groups in total. The summed E-state index contributed by atoms with van der Waals surface area (Å²) in [5.41, 5.74) is 0. The number of esters is 4. The number of hydrogen-bond donors (Lipinski definition) is 0. The first-order valence-electron chi connectivity index (χ1n) is 9.12. The van der Waals surface area contributed by atoms with Crippen LogP contribution >= 0.6 is 0 Å². The van der Waals surface area contributed by atoms with E-state index >= 15 is 0 Å². The van der Waals surface area contributed by atoms with Crippen molar-refractivity contribution in [2.75, 3.05) is 6.61 Å². The molecule has 31 heavy (non-hydrogen) atoms. The first kappa shape index (κ1) is 25.8. The summed E-state index contributed by atoms with van der Waals surface area (Å²) in [6.07, 6.45) is -7.37. The van der Waals surface area contributed by atoms with Gasteiger partial charge in [-0.3, -0.25) is 28.8 Å². The molecule has 0 saturated carbocycles. The molecule has 1 fully saturated rings. The van der Waals surface area contributed by atoms with Crippen molar-refractivity contribution in [3.8, 4) is 0 Å². The van der Waals surface area contributed by atoms with Crippen molar-refractivity contribution in [2.24, 2.45) is 0 Å². The van der Waals surface area contributed by atoms with Crippen LogP contribution in [-0.2, 0) is 57.3 Å². The first-order valence-corrected chi connectivity index (χ1v) is 9.12. The SMILES string of the molecule is CC(=O)OC[C@H]1O[C@@H](N(OC(C)=O)C(C)=O)[C@H](OC(C)=O)[C@@H](OC(C)=O)[C@H]1OC(C)=O. The average Bonchev–Trinajstić information content (AvgIpc) is 2.60. The summed E-state index contributed by atoms with van der Waals surface area (Å²) in [5, 5.41) is 0.483. The topological polar surface area (TPSA) is 161 Å². The van der Waals surface area contributed by atoms with Crippen LogP contribution in [0, 0.1) is 0 Å². The lowest BCUT2D eigenvalue weighted by Gasteiger charge is -2.46. The van der Waals surface area contributed by atoms with E-state index < -0.39 is 73.0 Å². The Morgan fingerprint density at radius 1 is 0.677 bits per heavy atom. The largest absolute Gasteiger partial charge is 0.463 e. The molecule has 0 unspecified atom stereocenters. The Bertz CT molecular complexity index is 733. The maximum Gasteiger partial charge on any atom is 0.329 e. The van der Waals surface area contributed by atoms with Crippen LogP contribution in [0.3, 0.4) is 0 Å². The fraction of sp³-hybridized carbons (Fsp3) is 0.667. The molecule has 0 bridgehead atoms. The smallest absolute Gasteiger partial charge is 0.329 e. The van der Waals surface area contributed by atoms with Gasteiger partial charge in [-0.2, -0.15) is 0 Å². The van der Waals surface area contributed by atoms with Crippen LogP contribution in [0.5, 0.6) is 0 Å². The number of amides is 1. The lowest BCUT2D eigenvalue weighted by atomic mass is 9.97. The number of nitrogens with zero attached hydrogens (tertiary/aromatic N) is 1. The fourth-order valence-electron chi connectivity index (χ4n) is 2.83. The summed E-state index contributed by atoms with van der Waals surface area (Å²) in [6, 6.07) is 0. The standard InChI is InChI=1S/C18H25NO12/c1-8(20)19(31-13(6)25)18-17(29-12(5)24)16(28-11(4)23)15(27-10(3)22)14(30-18)7-26-9(2)21/h14-18H,7H2,1-6H3/t14-,15+,16+,17-,18-/m1/s1. The Balaban J connectivity index is 3.53. The van der Waals surface area contributed by atoms with Crippen LogP contribution in [0.2, 0.25) is 0 Å². The van der Waals surface area contributed by atoms with Crippen molar-refractivity contribution < 1.29 is 57.3 Å². The second kappa shape index (κ2) is 11.2. The van der Waals surface area contributed by atoms with Gasteiger partial charge in [0.25, 0.3) is 5.91 Å². The molecule has 0 aromatic heterocycles. The summed E-state index contributed by atoms with van der Waals surface area (Å²) in [4.78, 5) is 74.9. The summed E-state index contributed by atoms with van der Waals surface area (Å²) in [5.74, 6) is -4.92. The summed E-state index contributed by atoms with van der Waals surface area (Å²) >= 11 is 0. The number of rotatable bonds is 6. The molecule has 0 aromatic carbocycles. The molecule has 1 aliphatic heterocycles. The van der Waals surface area contributed by atoms with E-state index in [-0.39, 0.29) is 0 Å². The van der Waals surface area contributed by atoms with Gasteiger partial charge in [-0.1, -0.05) is 0 Å². The van der Waals surface area contributed by atoms with Gasteiger partial charge in [0.05, 0.1) is 0 Å². The number of carbonyl (C=O) groups is 6. The Kier molecular flexibility index (Phi) is 9.37.